The monoisotopic (exact) mass is 239 g/mol. The van der Waals surface area contributed by atoms with Crippen LogP contribution in [0.3, 0.4) is 0 Å². The number of furan rings is 1. The summed E-state index contributed by atoms with van der Waals surface area (Å²) in [5.41, 5.74) is 2.16. The molecule has 3 rings (SSSR count). The molecule has 3 nitrogen and oxygen atoms in total. The summed E-state index contributed by atoms with van der Waals surface area (Å²) in [6.45, 7) is 0.837. The summed E-state index contributed by atoms with van der Waals surface area (Å²) in [5, 5.41) is 1.17. The summed E-state index contributed by atoms with van der Waals surface area (Å²) in [4.78, 5) is 11.0. The van der Waals surface area contributed by atoms with Crippen molar-refractivity contribution < 1.29 is 4.42 Å². The molecule has 0 amide bonds. The maximum Gasteiger partial charge on any atom is 0.181 e. The molecule has 0 radical (unpaired) electrons. The Hall–Kier alpha value is -2.29. The van der Waals surface area contributed by atoms with Gasteiger partial charge in [-0.1, -0.05) is 18.2 Å². The van der Waals surface area contributed by atoms with Gasteiger partial charge in [-0.3, -0.25) is 4.79 Å². The fraction of sp³-hybridized carbons (Fsp3) is 0.133. The lowest BCUT2D eigenvalue weighted by molar-refractivity contribution is 0.604. The summed E-state index contributed by atoms with van der Waals surface area (Å²) in [7, 11) is 0. The molecule has 90 valence electrons. The van der Waals surface area contributed by atoms with Crippen LogP contribution in [0.2, 0.25) is 0 Å². The first-order chi connectivity index (χ1) is 8.83. The Kier molecular flexibility index (Phi) is 2.73. The van der Waals surface area contributed by atoms with E-state index in [1.165, 1.54) is 10.9 Å². The van der Waals surface area contributed by atoms with Crippen LogP contribution in [0.15, 0.2) is 64.3 Å². The molecule has 18 heavy (non-hydrogen) atoms. The molecule has 0 unspecified atom stereocenters. The normalized spacial score (nSPS) is 10.9. The lowest BCUT2D eigenvalue weighted by Crippen LogP contribution is -2.05. The van der Waals surface area contributed by atoms with Gasteiger partial charge in [0.05, 0.1) is 6.26 Å². The molecule has 0 aliphatic carbocycles. The van der Waals surface area contributed by atoms with Gasteiger partial charge in [-0.2, -0.15) is 0 Å². The summed E-state index contributed by atoms with van der Waals surface area (Å²) in [6, 6.07) is 11.2. The van der Waals surface area contributed by atoms with Gasteiger partial charge in [-0.15, -0.1) is 0 Å². The zero-order valence-electron chi connectivity index (χ0n) is 9.87. The molecule has 0 aliphatic heterocycles. The fourth-order valence-electron chi connectivity index (χ4n) is 2.07. The Morgan fingerprint density at radius 3 is 2.67 bits per heavy atom. The first-order valence-corrected chi connectivity index (χ1v) is 5.94. The Morgan fingerprint density at radius 2 is 1.83 bits per heavy atom. The van der Waals surface area contributed by atoms with Crippen LogP contribution in [-0.4, -0.2) is 4.57 Å². The minimum Gasteiger partial charge on any atom is -0.464 e. The van der Waals surface area contributed by atoms with Crippen LogP contribution in [0.25, 0.3) is 11.0 Å². The predicted octanol–water partition coefficient (Wildman–Crippen LogP) is 2.84. The number of hydrogen-bond donors (Lipinski definition) is 0. The average Bonchev–Trinajstić information content (AvgIpc) is 2.82. The molecule has 2 heterocycles. The number of aromatic nitrogens is 1. The predicted molar refractivity (Wildman–Crippen MR) is 70.6 cm³/mol. The standard InChI is InChI=1S/C15H13NO2/c17-13-6-9-16(10-7-13)8-5-12-11-18-15-4-2-1-3-14(12)15/h1-4,6-7,9-11H,5,8H2. The third kappa shape index (κ3) is 2.07. The number of aryl methyl sites for hydroxylation is 2. The highest BCUT2D eigenvalue weighted by Crippen LogP contribution is 2.21. The largest absolute Gasteiger partial charge is 0.464 e. The summed E-state index contributed by atoms with van der Waals surface area (Å²) in [6.07, 6.45) is 6.32. The van der Waals surface area contributed by atoms with Gasteiger partial charge >= 0.3 is 0 Å². The van der Waals surface area contributed by atoms with Crippen molar-refractivity contribution in [3.63, 3.8) is 0 Å². The SMILES string of the molecule is O=c1ccn(CCc2coc3ccccc23)cc1. The van der Waals surface area contributed by atoms with Crippen LogP contribution < -0.4 is 5.43 Å². The molecule has 0 fully saturated rings. The molecule has 1 aromatic carbocycles. The second-order valence-corrected chi connectivity index (χ2v) is 4.28. The molecule has 0 N–H and O–H groups in total. The van der Waals surface area contributed by atoms with Crippen molar-refractivity contribution in [2.45, 2.75) is 13.0 Å². The van der Waals surface area contributed by atoms with E-state index < -0.39 is 0 Å². The van der Waals surface area contributed by atoms with E-state index in [4.69, 9.17) is 4.42 Å². The average molecular weight is 239 g/mol. The molecular formula is C15H13NO2. The number of pyridine rings is 1. The smallest absolute Gasteiger partial charge is 0.181 e. The number of fused-ring (bicyclic) bond motifs is 1. The van der Waals surface area contributed by atoms with Gasteiger partial charge < -0.3 is 8.98 Å². The maximum absolute atomic E-state index is 11.0. The third-order valence-corrected chi connectivity index (χ3v) is 3.06. The van der Waals surface area contributed by atoms with Crippen molar-refractivity contribution in [2.75, 3.05) is 0 Å². The lowest BCUT2D eigenvalue weighted by atomic mass is 10.1. The van der Waals surface area contributed by atoms with Gasteiger partial charge in [-0.05, 0) is 18.1 Å². The van der Waals surface area contributed by atoms with Crippen LogP contribution in [0.5, 0.6) is 0 Å². The first kappa shape index (κ1) is 10.8. The quantitative estimate of drug-likeness (QED) is 0.704. The Morgan fingerprint density at radius 1 is 1.06 bits per heavy atom. The second kappa shape index (κ2) is 4.53. The van der Waals surface area contributed by atoms with Gasteiger partial charge in [0, 0.05) is 36.5 Å². The fourth-order valence-corrected chi connectivity index (χ4v) is 2.07. The molecule has 0 bridgehead atoms. The van der Waals surface area contributed by atoms with Gasteiger partial charge in [0.2, 0.25) is 0 Å². The van der Waals surface area contributed by atoms with Gasteiger partial charge in [0.25, 0.3) is 0 Å². The van der Waals surface area contributed by atoms with Crippen molar-refractivity contribution in [3.05, 3.63) is 70.8 Å². The van der Waals surface area contributed by atoms with Crippen LogP contribution in [0.1, 0.15) is 5.56 Å². The Balaban J connectivity index is 1.81. The molecule has 2 aromatic heterocycles. The summed E-state index contributed by atoms with van der Waals surface area (Å²) < 4.78 is 7.50. The molecule has 3 heteroatoms. The van der Waals surface area contributed by atoms with E-state index in [0.29, 0.717) is 0 Å². The van der Waals surface area contributed by atoms with Crippen molar-refractivity contribution in [3.8, 4) is 0 Å². The summed E-state index contributed by atoms with van der Waals surface area (Å²) in [5.74, 6) is 0. The summed E-state index contributed by atoms with van der Waals surface area (Å²) >= 11 is 0. The zero-order chi connectivity index (χ0) is 12.4. The highest BCUT2D eigenvalue weighted by atomic mass is 16.3. The van der Waals surface area contributed by atoms with E-state index in [-0.39, 0.29) is 5.43 Å². The van der Waals surface area contributed by atoms with Crippen LogP contribution >= 0.6 is 0 Å². The molecule has 0 spiro atoms. The van der Waals surface area contributed by atoms with Crippen LogP contribution in [0, 0.1) is 0 Å². The number of rotatable bonds is 3. The number of nitrogens with zero attached hydrogens (tertiary/aromatic N) is 1. The highest BCUT2D eigenvalue weighted by Gasteiger charge is 2.04. The number of para-hydroxylation sites is 1. The van der Waals surface area contributed by atoms with E-state index in [2.05, 4.69) is 6.07 Å². The van der Waals surface area contributed by atoms with Gasteiger partial charge in [0.15, 0.2) is 5.43 Å². The Labute approximate surface area is 104 Å². The first-order valence-electron chi connectivity index (χ1n) is 5.94. The number of benzene rings is 1. The van der Waals surface area contributed by atoms with Crippen LogP contribution in [-0.2, 0) is 13.0 Å². The number of hydrogen-bond acceptors (Lipinski definition) is 2. The lowest BCUT2D eigenvalue weighted by Gasteiger charge is -2.04. The highest BCUT2D eigenvalue weighted by molar-refractivity contribution is 5.80. The van der Waals surface area contributed by atoms with E-state index in [1.807, 2.05) is 41.4 Å². The molecular weight excluding hydrogens is 226 g/mol. The molecule has 0 atom stereocenters. The minimum absolute atomic E-state index is 0.0417. The second-order valence-electron chi connectivity index (χ2n) is 4.28. The topological polar surface area (TPSA) is 35.1 Å². The van der Waals surface area contributed by atoms with E-state index in [0.717, 1.165) is 18.5 Å². The maximum atomic E-state index is 11.0. The molecule has 0 aliphatic rings. The Bertz CT molecular complexity index is 704. The van der Waals surface area contributed by atoms with E-state index in [9.17, 15) is 4.79 Å². The minimum atomic E-state index is 0.0417. The van der Waals surface area contributed by atoms with Gasteiger partial charge in [0.1, 0.15) is 5.58 Å². The van der Waals surface area contributed by atoms with Crippen molar-refractivity contribution in [1.82, 2.24) is 4.57 Å². The molecule has 3 aromatic rings. The van der Waals surface area contributed by atoms with Crippen molar-refractivity contribution in [1.29, 1.82) is 0 Å². The van der Waals surface area contributed by atoms with Crippen molar-refractivity contribution in [2.24, 2.45) is 0 Å². The van der Waals surface area contributed by atoms with Gasteiger partial charge in [-0.25, -0.2) is 0 Å². The zero-order valence-corrected chi connectivity index (χ0v) is 9.87. The third-order valence-electron chi connectivity index (χ3n) is 3.06. The van der Waals surface area contributed by atoms with E-state index in [1.54, 1.807) is 12.1 Å². The molecule has 0 saturated heterocycles. The van der Waals surface area contributed by atoms with E-state index >= 15 is 0 Å². The van der Waals surface area contributed by atoms with Crippen LogP contribution in [0.4, 0.5) is 0 Å². The van der Waals surface area contributed by atoms with Crippen molar-refractivity contribution >= 4 is 11.0 Å². The molecule has 0 saturated carbocycles.